The van der Waals surface area contributed by atoms with E-state index in [-0.39, 0.29) is 12.2 Å². The second-order valence-electron chi connectivity index (χ2n) is 4.70. The van der Waals surface area contributed by atoms with Crippen LogP contribution in [0, 0.1) is 6.92 Å². The Hall–Kier alpha value is -1.22. The topological polar surface area (TPSA) is 38.5 Å². The summed E-state index contributed by atoms with van der Waals surface area (Å²) in [5.41, 5.74) is 9.14. The number of hydrogen-bond donors (Lipinski definition) is 1. The van der Waals surface area contributed by atoms with Crippen LogP contribution in [0.2, 0.25) is 0 Å². The highest BCUT2D eigenvalue weighted by Gasteiger charge is 2.22. The van der Waals surface area contributed by atoms with Crippen molar-refractivity contribution in [1.82, 2.24) is 0 Å². The molecule has 2 atom stereocenters. The number of nitrogens with two attached hydrogens (primary N) is 1. The van der Waals surface area contributed by atoms with Crippen molar-refractivity contribution in [3.05, 3.63) is 23.8 Å². The molecule has 1 fully saturated rings. The van der Waals surface area contributed by atoms with Crippen molar-refractivity contribution in [2.24, 2.45) is 0 Å². The molecule has 1 heterocycles. The van der Waals surface area contributed by atoms with Gasteiger partial charge in [-0.2, -0.15) is 0 Å². The van der Waals surface area contributed by atoms with Gasteiger partial charge in [0.25, 0.3) is 0 Å². The van der Waals surface area contributed by atoms with Gasteiger partial charge in [-0.05, 0) is 38.5 Å². The van der Waals surface area contributed by atoms with Crippen LogP contribution in [0.1, 0.15) is 19.4 Å². The molecule has 0 radical (unpaired) electrons. The molecule has 2 rings (SSSR count). The highest BCUT2D eigenvalue weighted by molar-refractivity contribution is 5.60. The quantitative estimate of drug-likeness (QED) is 0.737. The Labute approximate surface area is 97.2 Å². The number of benzene rings is 1. The van der Waals surface area contributed by atoms with E-state index in [1.165, 1.54) is 5.69 Å². The summed E-state index contributed by atoms with van der Waals surface area (Å²) in [5, 5.41) is 0. The molecule has 1 aromatic rings. The highest BCUT2D eigenvalue weighted by atomic mass is 16.5. The first-order valence-electron chi connectivity index (χ1n) is 5.83. The maximum atomic E-state index is 5.94. The van der Waals surface area contributed by atoms with E-state index in [9.17, 15) is 0 Å². The average Bonchev–Trinajstić information content (AvgIpc) is 2.20. The third-order valence-electron chi connectivity index (χ3n) is 3.05. The molecule has 0 bridgehead atoms. The number of nitrogens with zero attached hydrogens (tertiary/aromatic N) is 1. The number of morpholine rings is 1. The van der Waals surface area contributed by atoms with E-state index in [1.807, 2.05) is 6.92 Å². The van der Waals surface area contributed by atoms with Gasteiger partial charge in [0, 0.05) is 24.5 Å². The van der Waals surface area contributed by atoms with Crippen LogP contribution in [0.25, 0.3) is 0 Å². The Bertz CT molecular complexity index is 368. The highest BCUT2D eigenvalue weighted by Crippen LogP contribution is 2.24. The number of hydrogen-bond acceptors (Lipinski definition) is 3. The summed E-state index contributed by atoms with van der Waals surface area (Å²) in [6.07, 6.45) is 0.567. The van der Waals surface area contributed by atoms with Gasteiger partial charge in [-0.3, -0.25) is 0 Å². The SMILES string of the molecule is Cc1ccc(N2CC(C)OC(C)C2)cc1N. The zero-order valence-electron chi connectivity index (χ0n) is 10.2. The van der Waals surface area contributed by atoms with Gasteiger partial charge in [0.05, 0.1) is 12.2 Å². The Morgan fingerprint density at radius 1 is 1.25 bits per heavy atom. The monoisotopic (exact) mass is 220 g/mol. The summed E-state index contributed by atoms with van der Waals surface area (Å²) in [6, 6.07) is 6.27. The Kier molecular flexibility index (Phi) is 3.06. The van der Waals surface area contributed by atoms with Crippen LogP contribution in [0.3, 0.4) is 0 Å². The van der Waals surface area contributed by atoms with Crippen molar-refractivity contribution in [3.8, 4) is 0 Å². The molecule has 0 amide bonds. The molecule has 1 saturated heterocycles. The van der Waals surface area contributed by atoms with Crippen molar-refractivity contribution >= 4 is 11.4 Å². The predicted molar refractivity (Wildman–Crippen MR) is 67.8 cm³/mol. The van der Waals surface area contributed by atoms with E-state index in [4.69, 9.17) is 10.5 Å². The zero-order valence-corrected chi connectivity index (χ0v) is 10.2. The second-order valence-corrected chi connectivity index (χ2v) is 4.70. The number of aryl methyl sites for hydroxylation is 1. The largest absolute Gasteiger partial charge is 0.398 e. The zero-order chi connectivity index (χ0) is 11.7. The summed E-state index contributed by atoms with van der Waals surface area (Å²) in [6.45, 7) is 8.13. The smallest absolute Gasteiger partial charge is 0.0726 e. The molecule has 16 heavy (non-hydrogen) atoms. The molecule has 0 aliphatic carbocycles. The molecule has 3 nitrogen and oxygen atoms in total. The van der Waals surface area contributed by atoms with Crippen LogP contribution < -0.4 is 10.6 Å². The predicted octanol–water partition coefficient (Wildman–Crippen LogP) is 2.19. The maximum absolute atomic E-state index is 5.94. The molecule has 0 spiro atoms. The summed E-state index contributed by atoms with van der Waals surface area (Å²) in [4.78, 5) is 2.34. The van der Waals surface area contributed by atoms with Gasteiger partial charge >= 0.3 is 0 Å². The average molecular weight is 220 g/mol. The third kappa shape index (κ3) is 2.30. The number of rotatable bonds is 1. The van der Waals surface area contributed by atoms with Crippen molar-refractivity contribution in [2.75, 3.05) is 23.7 Å². The maximum Gasteiger partial charge on any atom is 0.0726 e. The summed E-state index contributed by atoms with van der Waals surface area (Å²) < 4.78 is 5.72. The fraction of sp³-hybridized carbons (Fsp3) is 0.538. The lowest BCUT2D eigenvalue weighted by Gasteiger charge is -2.37. The van der Waals surface area contributed by atoms with Gasteiger partial charge in [-0.1, -0.05) is 6.07 Å². The lowest BCUT2D eigenvalue weighted by Crippen LogP contribution is -2.45. The van der Waals surface area contributed by atoms with E-state index in [2.05, 4.69) is 36.9 Å². The summed E-state index contributed by atoms with van der Waals surface area (Å²) in [7, 11) is 0. The first kappa shape index (κ1) is 11.3. The number of ether oxygens (including phenoxy) is 1. The van der Waals surface area contributed by atoms with E-state index in [0.29, 0.717) is 0 Å². The minimum atomic E-state index is 0.284. The molecular weight excluding hydrogens is 200 g/mol. The van der Waals surface area contributed by atoms with Crippen LogP contribution in [0.5, 0.6) is 0 Å². The lowest BCUT2D eigenvalue weighted by atomic mass is 10.1. The summed E-state index contributed by atoms with van der Waals surface area (Å²) in [5.74, 6) is 0. The van der Waals surface area contributed by atoms with Crippen LogP contribution in [-0.2, 0) is 4.74 Å². The third-order valence-corrected chi connectivity index (χ3v) is 3.05. The molecule has 1 aromatic carbocycles. The molecule has 0 aromatic heterocycles. The Morgan fingerprint density at radius 2 is 1.88 bits per heavy atom. The molecule has 2 N–H and O–H groups in total. The van der Waals surface area contributed by atoms with E-state index in [1.54, 1.807) is 0 Å². The lowest BCUT2D eigenvalue weighted by molar-refractivity contribution is -0.00521. The van der Waals surface area contributed by atoms with E-state index >= 15 is 0 Å². The Balaban J connectivity index is 2.19. The number of nitrogen functional groups attached to an aromatic ring is 1. The standard InChI is InChI=1S/C13H20N2O/c1-9-4-5-12(6-13(9)14)15-7-10(2)16-11(3)8-15/h4-6,10-11H,7-8,14H2,1-3H3. The molecular formula is C13H20N2O. The van der Waals surface area contributed by atoms with Crippen molar-refractivity contribution in [3.63, 3.8) is 0 Å². The van der Waals surface area contributed by atoms with Crippen molar-refractivity contribution in [2.45, 2.75) is 33.0 Å². The first-order valence-corrected chi connectivity index (χ1v) is 5.83. The van der Waals surface area contributed by atoms with Gasteiger partial charge in [0.15, 0.2) is 0 Å². The van der Waals surface area contributed by atoms with Crippen molar-refractivity contribution < 1.29 is 4.74 Å². The molecule has 0 saturated carbocycles. The van der Waals surface area contributed by atoms with Crippen LogP contribution in [0.4, 0.5) is 11.4 Å². The van der Waals surface area contributed by atoms with Gasteiger partial charge in [-0.15, -0.1) is 0 Å². The molecule has 1 aliphatic heterocycles. The second kappa shape index (κ2) is 4.34. The van der Waals surface area contributed by atoms with Crippen LogP contribution >= 0.6 is 0 Å². The van der Waals surface area contributed by atoms with Gasteiger partial charge in [0.1, 0.15) is 0 Å². The van der Waals surface area contributed by atoms with E-state index < -0.39 is 0 Å². The fourth-order valence-electron chi connectivity index (χ4n) is 2.21. The first-order chi connectivity index (χ1) is 7.56. The Morgan fingerprint density at radius 3 is 2.44 bits per heavy atom. The minimum absolute atomic E-state index is 0.284. The van der Waals surface area contributed by atoms with Crippen molar-refractivity contribution in [1.29, 1.82) is 0 Å². The normalized spacial score (nSPS) is 25.8. The molecule has 88 valence electrons. The van der Waals surface area contributed by atoms with Gasteiger partial charge in [-0.25, -0.2) is 0 Å². The molecule has 3 heteroatoms. The van der Waals surface area contributed by atoms with Crippen LogP contribution in [-0.4, -0.2) is 25.3 Å². The van der Waals surface area contributed by atoms with Gasteiger partial charge < -0.3 is 15.4 Å². The summed E-state index contributed by atoms with van der Waals surface area (Å²) >= 11 is 0. The molecule has 1 aliphatic rings. The molecule has 2 unspecified atom stereocenters. The number of anilines is 2. The van der Waals surface area contributed by atoms with E-state index in [0.717, 1.165) is 24.3 Å². The van der Waals surface area contributed by atoms with Gasteiger partial charge in [0.2, 0.25) is 0 Å². The van der Waals surface area contributed by atoms with Crippen LogP contribution in [0.15, 0.2) is 18.2 Å². The fourth-order valence-corrected chi connectivity index (χ4v) is 2.21. The minimum Gasteiger partial charge on any atom is -0.398 e.